The predicted molar refractivity (Wildman–Crippen MR) is 70.5 cm³/mol. The van der Waals surface area contributed by atoms with Crippen molar-refractivity contribution in [3.63, 3.8) is 0 Å². The van der Waals surface area contributed by atoms with Gasteiger partial charge in [0.15, 0.2) is 0 Å². The Morgan fingerprint density at radius 1 is 1.35 bits per heavy atom. The van der Waals surface area contributed by atoms with Crippen LogP contribution < -0.4 is 10.2 Å². The minimum atomic E-state index is 0.172. The number of nitrogens with one attached hydrogen (secondary N) is 1. The van der Waals surface area contributed by atoms with Crippen LogP contribution >= 0.6 is 11.6 Å². The Balaban J connectivity index is 2.07. The summed E-state index contributed by atoms with van der Waals surface area (Å²) >= 11 is 5.84. The first-order chi connectivity index (χ1) is 8.06. The molecule has 2 rings (SSSR count). The van der Waals surface area contributed by atoms with E-state index in [-0.39, 0.29) is 11.9 Å². The monoisotopic (exact) mass is 252 g/mol. The first-order valence-electron chi connectivity index (χ1n) is 5.88. The van der Waals surface area contributed by atoms with Crippen LogP contribution in [0.5, 0.6) is 0 Å². The Hall–Kier alpha value is -1.06. The van der Waals surface area contributed by atoms with Gasteiger partial charge in [0, 0.05) is 35.8 Å². The van der Waals surface area contributed by atoms with Gasteiger partial charge in [-0.05, 0) is 24.3 Å². The molecule has 1 saturated heterocycles. The van der Waals surface area contributed by atoms with Gasteiger partial charge in [-0.2, -0.15) is 0 Å². The molecule has 1 aromatic rings. The third kappa shape index (κ3) is 2.99. The van der Waals surface area contributed by atoms with Gasteiger partial charge in [0.1, 0.15) is 0 Å². The van der Waals surface area contributed by atoms with Gasteiger partial charge < -0.3 is 10.2 Å². The van der Waals surface area contributed by atoms with E-state index in [0.29, 0.717) is 17.5 Å². The van der Waals surface area contributed by atoms with E-state index in [4.69, 9.17) is 11.6 Å². The average molecular weight is 253 g/mol. The van der Waals surface area contributed by atoms with Crippen molar-refractivity contribution < 1.29 is 4.79 Å². The Morgan fingerprint density at radius 3 is 2.59 bits per heavy atom. The molecule has 1 atom stereocenters. The summed E-state index contributed by atoms with van der Waals surface area (Å²) in [6.07, 6.45) is 0.570. The Labute approximate surface area is 107 Å². The smallest absolute Gasteiger partial charge is 0.228 e. The number of carbonyl (C=O) groups is 1. The molecule has 1 aromatic carbocycles. The van der Waals surface area contributed by atoms with E-state index in [9.17, 15) is 4.79 Å². The summed E-state index contributed by atoms with van der Waals surface area (Å²) in [5, 5.41) is 4.09. The summed E-state index contributed by atoms with van der Waals surface area (Å²) in [6, 6.07) is 8.05. The molecule has 1 aliphatic heterocycles. The molecule has 0 bridgehead atoms. The molecule has 0 radical (unpaired) electrons. The van der Waals surface area contributed by atoms with Crippen LogP contribution in [0.2, 0.25) is 5.02 Å². The second kappa shape index (κ2) is 5.07. The highest BCUT2D eigenvalue weighted by Gasteiger charge is 2.30. The summed E-state index contributed by atoms with van der Waals surface area (Å²) in [4.78, 5) is 13.7. The highest BCUT2D eigenvalue weighted by molar-refractivity contribution is 6.30. The second-order valence-electron chi connectivity index (χ2n) is 4.70. The maximum atomic E-state index is 11.9. The molecule has 0 saturated carbocycles. The van der Waals surface area contributed by atoms with E-state index in [2.05, 4.69) is 19.2 Å². The minimum absolute atomic E-state index is 0.172. The third-order valence-corrected chi connectivity index (χ3v) is 3.08. The van der Waals surface area contributed by atoms with Crippen molar-refractivity contribution in [2.45, 2.75) is 32.4 Å². The normalized spacial score (nSPS) is 20.4. The standard InChI is InChI=1S/C13H17ClN2O/c1-9(2)15-11-7-13(17)16(8-11)12-5-3-10(14)4-6-12/h3-6,9,11,15H,7-8H2,1-2H3. The van der Waals surface area contributed by atoms with Gasteiger partial charge in [-0.15, -0.1) is 0 Å². The van der Waals surface area contributed by atoms with Gasteiger partial charge in [0.2, 0.25) is 5.91 Å². The molecular weight excluding hydrogens is 236 g/mol. The van der Waals surface area contributed by atoms with E-state index < -0.39 is 0 Å². The molecule has 1 amide bonds. The summed E-state index contributed by atoms with van der Waals surface area (Å²) in [7, 11) is 0. The van der Waals surface area contributed by atoms with Gasteiger partial charge in [-0.1, -0.05) is 25.4 Å². The molecule has 92 valence electrons. The molecule has 1 fully saturated rings. The van der Waals surface area contributed by atoms with Crippen LogP contribution in [0.15, 0.2) is 24.3 Å². The lowest BCUT2D eigenvalue weighted by Gasteiger charge is -2.18. The summed E-state index contributed by atoms with van der Waals surface area (Å²) in [5.41, 5.74) is 0.924. The van der Waals surface area contributed by atoms with Crippen LogP contribution in [-0.2, 0) is 4.79 Å². The number of halogens is 1. The molecule has 4 heteroatoms. The first kappa shape index (κ1) is 12.4. The van der Waals surface area contributed by atoms with Gasteiger partial charge in [-0.25, -0.2) is 0 Å². The molecule has 0 aromatic heterocycles. The summed E-state index contributed by atoms with van der Waals surface area (Å²) < 4.78 is 0. The van der Waals surface area contributed by atoms with Crippen molar-refractivity contribution in [3.8, 4) is 0 Å². The molecule has 17 heavy (non-hydrogen) atoms. The highest BCUT2D eigenvalue weighted by atomic mass is 35.5. The fourth-order valence-corrected chi connectivity index (χ4v) is 2.29. The van der Waals surface area contributed by atoms with Gasteiger partial charge >= 0.3 is 0 Å². The van der Waals surface area contributed by atoms with Crippen molar-refractivity contribution in [2.24, 2.45) is 0 Å². The minimum Gasteiger partial charge on any atom is -0.311 e. The van der Waals surface area contributed by atoms with Crippen LogP contribution in [0.25, 0.3) is 0 Å². The Bertz CT molecular complexity index is 402. The predicted octanol–water partition coefficient (Wildman–Crippen LogP) is 2.44. The molecule has 1 N–H and O–H groups in total. The quantitative estimate of drug-likeness (QED) is 0.896. The maximum absolute atomic E-state index is 11.9. The van der Waals surface area contributed by atoms with Crippen molar-refractivity contribution in [1.29, 1.82) is 0 Å². The zero-order chi connectivity index (χ0) is 12.4. The van der Waals surface area contributed by atoms with Crippen LogP contribution in [-0.4, -0.2) is 24.5 Å². The van der Waals surface area contributed by atoms with Crippen molar-refractivity contribution >= 4 is 23.2 Å². The molecule has 1 unspecified atom stereocenters. The zero-order valence-corrected chi connectivity index (χ0v) is 10.9. The molecule has 1 heterocycles. The van der Waals surface area contributed by atoms with Gasteiger partial charge in [0.25, 0.3) is 0 Å². The maximum Gasteiger partial charge on any atom is 0.228 e. The number of amides is 1. The SMILES string of the molecule is CC(C)NC1CC(=O)N(c2ccc(Cl)cc2)C1. The Morgan fingerprint density at radius 2 is 2.00 bits per heavy atom. The van der Waals surface area contributed by atoms with Gasteiger partial charge in [0.05, 0.1) is 0 Å². The van der Waals surface area contributed by atoms with E-state index >= 15 is 0 Å². The fourth-order valence-electron chi connectivity index (χ4n) is 2.16. The van der Waals surface area contributed by atoms with E-state index in [1.807, 2.05) is 29.2 Å². The molecule has 0 spiro atoms. The van der Waals surface area contributed by atoms with Crippen LogP contribution in [0.1, 0.15) is 20.3 Å². The number of hydrogen-bond acceptors (Lipinski definition) is 2. The number of benzene rings is 1. The average Bonchev–Trinajstić information content (AvgIpc) is 2.59. The van der Waals surface area contributed by atoms with E-state index in [0.717, 1.165) is 12.2 Å². The zero-order valence-electron chi connectivity index (χ0n) is 10.1. The van der Waals surface area contributed by atoms with Gasteiger partial charge in [-0.3, -0.25) is 4.79 Å². The lowest BCUT2D eigenvalue weighted by molar-refractivity contribution is -0.117. The molecule has 0 aliphatic carbocycles. The largest absolute Gasteiger partial charge is 0.311 e. The van der Waals surface area contributed by atoms with Crippen molar-refractivity contribution in [1.82, 2.24) is 5.32 Å². The summed E-state index contributed by atoms with van der Waals surface area (Å²) in [5.74, 6) is 0.172. The third-order valence-electron chi connectivity index (χ3n) is 2.83. The highest BCUT2D eigenvalue weighted by Crippen LogP contribution is 2.23. The first-order valence-corrected chi connectivity index (χ1v) is 6.26. The van der Waals surface area contributed by atoms with Crippen molar-refractivity contribution in [3.05, 3.63) is 29.3 Å². The topological polar surface area (TPSA) is 32.3 Å². The summed E-state index contributed by atoms with van der Waals surface area (Å²) in [6.45, 7) is 4.92. The lowest BCUT2D eigenvalue weighted by atomic mass is 10.2. The molecular formula is C13H17ClN2O. The molecule has 3 nitrogen and oxygen atoms in total. The van der Waals surface area contributed by atoms with Crippen LogP contribution in [0.4, 0.5) is 5.69 Å². The van der Waals surface area contributed by atoms with Crippen molar-refractivity contribution in [2.75, 3.05) is 11.4 Å². The molecule has 1 aliphatic rings. The number of carbonyl (C=O) groups excluding carboxylic acids is 1. The van der Waals surface area contributed by atoms with E-state index in [1.165, 1.54) is 0 Å². The number of rotatable bonds is 3. The number of nitrogens with zero attached hydrogens (tertiary/aromatic N) is 1. The fraction of sp³-hybridized carbons (Fsp3) is 0.462. The number of hydrogen-bond donors (Lipinski definition) is 1. The lowest BCUT2D eigenvalue weighted by Crippen LogP contribution is -2.37. The Kier molecular flexibility index (Phi) is 3.69. The van der Waals surface area contributed by atoms with E-state index in [1.54, 1.807) is 0 Å². The number of anilines is 1. The second-order valence-corrected chi connectivity index (χ2v) is 5.14. The van der Waals surface area contributed by atoms with Crippen LogP contribution in [0.3, 0.4) is 0 Å². The van der Waals surface area contributed by atoms with Crippen LogP contribution in [0, 0.1) is 0 Å².